The first-order chi connectivity index (χ1) is 1.00. The van der Waals surface area contributed by atoms with Crippen LogP contribution in [-0.4, -0.2) is 36.2 Å². The van der Waals surface area contributed by atoms with E-state index in [-0.39, 0.29) is 46.6 Å². The van der Waals surface area contributed by atoms with Crippen molar-refractivity contribution in [3.8, 4) is 0 Å². The van der Waals surface area contributed by atoms with Gasteiger partial charge in [-0.2, -0.15) is 0 Å². The van der Waals surface area contributed by atoms with Crippen molar-refractivity contribution < 1.29 is 17.1 Å². The van der Waals surface area contributed by atoms with E-state index in [1.165, 1.54) is 0 Å². The Morgan fingerprint density at radius 2 is 1.25 bits per heavy atom. The van der Waals surface area contributed by atoms with Crippen molar-refractivity contribution in [3.05, 3.63) is 0 Å². The third-order valence-corrected chi connectivity index (χ3v) is 0. The fourth-order valence-corrected chi connectivity index (χ4v) is 0. The molecule has 0 spiro atoms. The molecule has 0 rings (SSSR count). The van der Waals surface area contributed by atoms with Crippen molar-refractivity contribution in [2.24, 2.45) is 0 Å². The quantitative estimate of drug-likeness (QED) is 0.314. The SMILES string of the molecule is CP.[Fe].[NaH]. The molecular formula is CH6FeNaP. The van der Waals surface area contributed by atoms with Gasteiger partial charge in [0.15, 0.2) is 0 Å². The van der Waals surface area contributed by atoms with Gasteiger partial charge in [0.2, 0.25) is 0 Å². The molecule has 0 fully saturated rings. The van der Waals surface area contributed by atoms with E-state index >= 15 is 0 Å². The van der Waals surface area contributed by atoms with Gasteiger partial charge >= 0.3 is 29.6 Å². The summed E-state index contributed by atoms with van der Waals surface area (Å²) >= 11 is 0. The summed E-state index contributed by atoms with van der Waals surface area (Å²) in [5.41, 5.74) is 0. The summed E-state index contributed by atoms with van der Waals surface area (Å²) in [7, 11) is 2.42. The molecule has 0 saturated carbocycles. The Balaban J connectivity index is -0.00000000500. The molecule has 0 heterocycles. The molecule has 0 aromatic heterocycles. The molecule has 0 bridgehead atoms. The zero-order valence-electron chi connectivity index (χ0n) is 1.93. The molecule has 0 aromatic rings. The molecule has 4 heavy (non-hydrogen) atoms. The zero-order chi connectivity index (χ0) is 2.00. The summed E-state index contributed by atoms with van der Waals surface area (Å²) in [5, 5.41) is 0. The Morgan fingerprint density at radius 1 is 1.25 bits per heavy atom. The van der Waals surface area contributed by atoms with Crippen LogP contribution >= 0.6 is 9.24 Å². The normalized spacial score (nSPS) is 1.50. The second-order valence-electron chi connectivity index (χ2n) is 0. The Bertz CT molecular complexity index is 8.00. The van der Waals surface area contributed by atoms with Crippen LogP contribution < -0.4 is 0 Å². The minimum absolute atomic E-state index is 0. The third-order valence-electron chi connectivity index (χ3n) is 0. The van der Waals surface area contributed by atoms with Crippen molar-refractivity contribution in [1.82, 2.24) is 0 Å². The van der Waals surface area contributed by atoms with Crippen LogP contribution in [0, 0.1) is 0 Å². The van der Waals surface area contributed by atoms with Crippen molar-refractivity contribution in [2.75, 3.05) is 6.66 Å². The molecular weight excluding hydrogens is 122 g/mol. The summed E-state index contributed by atoms with van der Waals surface area (Å²) in [6, 6.07) is 0. The second kappa shape index (κ2) is 20.3. The fourth-order valence-electron chi connectivity index (χ4n) is 0. The Hall–Kier alpha value is 1.95. The van der Waals surface area contributed by atoms with Gasteiger partial charge in [0.1, 0.15) is 0 Å². The number of rotatable bonds is 0. The van der Waals surface area contributed by atoms with Crippen LogP contribution in [0.5, 0.6) is 0 Å². The predicted octanol–water partition coefficient (Wildman–Crippen LogP) is -0.160. The van der Waals surface area contributed by atoms with E-state index < -0.39 is 0 Å². The second-order valence-corrected chi connectivity index (χ2v) is 0. The first-order valence-electron chi connectivity index (χ1n) is 0.577. The standard InChI is InChI=1S/CH5P.Fe.Na.H/c1-2;;;/h2H2,1H3;;;. The predicted molar refractivity (Wildman–Crippen MR) is 22.8 cm³/mol. The van der Waals surface area contributed by atoms with Crippen molar-refractivity contribution in [1.29, 1.82) is 0 Å². The van der Waals surface area contributed by atoms with Crippen molar-refractivity contribution in [3.63, 3.8) is 0 Å². The summed E-state index contributed by atoms with van der Waals surface area (Å²) in [6.45, 7) is 1.92. The van der Waals surface area contributed by atoms with Crippen LogP contribution in [0.2, 0.25) is 0 Å². The van der Waals surface area contributed by atoms with Crippen molar-refractivity contribution >= 4 is 38.8 Å². The summed E-state index contributed by atoms with van der Waals surface area (Å²) in [4.78, 5) is 0. The average Bonchev–Trinajstić information content (AvgIpc) is 1.00. The van der Waals surface area contributed by atoms with Gasteiger partial charge in [-0.25, -0.2) is 0 Å². The van der Waals surface area contributed by atoms with Gasteiger partial charge < -0.3 is 0 Å². The van der Waals surface area contributed by atoms with E-state index in [0.29, 0.717) is 0 Å². The molecule has 1 atom stereocenters. The maximum absolute atomic E-state index is 2.42. The minimum atomic E-state index is 0. The molecule has 0 aliphatic rings. The van der Waals surface area contributed by atoms with E-state index in [4.69, 9.17) is 0 Å². The number of hydrogen-bond acceptors (Lipinski definition) is 0. The molecule has 0 radical (unpaired) electrons. The molecule has 1 unspecified atom stereocenters. The molecule has 0 aliphatic heterocycles. The van der Waals surface area contributed by atoms with E-state index in [9.17, 15) is 0 Å². The van der Waals surface area contributed by atoms with E-state index in [0.717, 1.165) is 0 Å². The summed E-state index contributed by atoms with van der Waals surface area (Å²) in [6.07, 6.45) is 0. The Labute approximate surface area is 62.1 Å². The van der Waals surface area contributed by atoms with Gasteiger partial charge in [0.25, 0.3) is 0 Å². The van der Waals surface area contributed by atoms with Crippen LogP contribution in [0.4, 0.5) is 0 Å². The first-order valence-corrected chi connectivity index (χ1v) is 1.73. The monoisotopic (exact) mass is 128 g/mol. The molecule has 0 aliphatic carbocycles. The van der Waals surface area contributed by atoms with E-state index in [2.05, 4.69) is 9.24 Å². The van der Waals surface area contributed by atoms with Gasteiger partial charge in [-0.1, -0.05) is 6.66 Å². The van der Waals surface area contributed by atoms with Crippen LogP contribution in [0.3, 0.4) is 0 Å². The van der Waals surface area contributed by atoms with Gasteiger partial charge in [0, 0.05) is 17.1 Å². The Kier molecular flexibility index (Phi) is 85.1. The average molecular weight is 128 g/mol. The van der Waals surface area contributed by atoms with Crippen LogP contribution in [0.15, 0.2) is 0 Å². The molecule has 0 N–H and O–H groups in total. The van der Waals surface area contributed by atoms with Crippen LogP contribution in [0.1, 0.15) is 0 Å². The molecule has 0 aromatic carbocycles. The molecule has 0 amide bonds. The summed E-state index contributed by atoms with van der Waals surface area (Å²) < 4.78 is 0. The third kappa shape index (κ3) is 9.04. The Morgan fingerprint density at radius 3 is 1.25 bits per heavy atom. The van der Waals surface area contributed by atoms with Gasteiger partial charge in [-0.3, -0.25) is 0 Å². The summed E-state index contributed by atoms with van der Waals surface area (Å²) in [5.74, 6) is 0. The van der Waals surface area contributed by atoms with Gasteiger partial charge in [0.05, 0.1) is 0 Å². The van der Waals surface area contributed by atoms with Gasteiger partial charge in [-0.05, 0) is 0 Å². The zero-order valence-corrected chi connectivity index (χ0v) is 4.19. The molecule has 0 nitrogen and oxygen atoms in total. The van der Waals surface area contributed by atoms with Crippen LogP contribution in [0.25, 0.3) is 0 Å². The molecule has 0 saturated heterocycles. The number of hydrogen-bond donors (Lipinski definition) is 0. The molecule has 24 valence electrons. The first kappa shape index (κ1) is 16.8. The van der Waals surface area contributed by atoms with Crippen LogP contribution in [-0.2, 0) is 17.1 Å². The van der Waals surface area contributed by atoms with E-state index in [1.807, 2.05) is 6.66 Å². The molecule has 3 heteroatoms. The van der Waals surface area contributed by atoms with Gasteiger partial charge in [-0.15, -0.1) is 9.24 Å². The fraction of sp³-hybridized carbons (Fsp3) is 1.00. The maximum atomic E-state index is 2.42. The topological polar surface area (TPSA) is 0 Å². The van der Waals surface area contributed by atoms with E-state index in [1.54, 1.807) is 0 Å². The van der Waals surface area contributed by atoms with Crippen molar-refractivity contribution in [2.45, 2.75) is 0 Å².